The summed E-state index contributed by atoms with van der Waals surface area (Å²) in [5, 5.41) is 11.8. The summed E-state index contributed by atoms with van der Waals surface area (Å²) < 4.78 is 0. The van der Waals surface area contributed by atoms with Crippen LogP contribution in [0.25, 0.3) is 0 Å². The number of hydrogen-bond acceptors (Lipinski definition) is 4. The van der Waals surface area contributed by atoms with Gasteiger partial charge in [0.1, 0.15) is 5.82 Å². The molecule has 19 heavy (non-hydrogen) atoms. The molecule has 1 aromatic heterocycles. The number of carbonyl (C=O) groups excluding carboxylic acids is 1. The molecule has 102 valence electrons. The number of carbonyl (C=O) groups is 2. The van der Waals surface area contributed by atoms with Crippen molar-refractivity contribution in [3.05, 3.63) is 22.8 Å². The van der Waals surface area contributed by atoms with Gasteiger partial charge in [-0.1, -0.05) is 11.6 Å². The summed E-state index contributed by atoms with van der Waals surface area (Å²) in [5.41, 5.74) is -0.222. The summed E-state index contributed by atoms with van der Waals surface area (Å²) in [7, 11) is 0. The molecule has 2 heterocycles. The van der Waals surface area contributed by atoms with E-state index in [-0.39, 0.29) is 23.2 Å². The molecule has 1 amide bonds. The van der Waals surface area contributed by atoms with Gasteiger partial charge in [-0.15, -0.1) is 0 Å². The van der Waals surface area contributed by atoms with Gasteiger partial charge in [0, 0.05) is 13.1 Å². The van der Waals surface area contributed by atoms with E-state index in [1.165, 1.54) is 6.07 Å². The number of aromatic nitrogens is 1. The van der Waals surface area contributed by atoms with Crippen molar-refractivity contribution in [2.45, 2.75) is 12.8 Å². The molecule has 0 spiro atoms. The molecule has 2 N–H and O–H groups in total. The van der Waals surface area contributed by atoms with Crippen molar-refractivity contribution >= 4 is 29.3 Å². The number of nitrogens with zero attached hydrogens (tertiary/aromatic N) is 2. The quantitative estimate of drug-likeness (QED) is 0.874. The standard InChI is InChI=1S/C12H14ClN3O3/c13-8-3-4-9(15-11(8)12(18)19)14-7-10(17)16-5-1-2-6-16/h3-4H,1-2,5-7H2,(H,14,15)(H,18,19). The molecule has 1 aromatic rings. The number of aromatic carboxylic acids is 1. The predicted molar refractivity (Wildman–Crippen MR) is 70.5 cm³/mol. The van der Waals surface area contributed by atoms with E-state index in [0.29, 0.717) is 5.82 Å². The number of pyridine rings is 1. The summed E-state index contributed by atoms with van der Waals surface area (Å²) in [4.78, 5) is 28.3. The molecule has 0 aromatic carbocycles. The number of carboxylic acid groups (broad SMARTS) is 1. The smallest absolute Gasteiger partial charge is 0.356 e. The van der Waals surface area contributed by atoms with Crippen molar-refractivity contribution in [3.8, 4) is 0 Å². The van der Waals surface area contributed by atoms with Crippen LogP contribution in [-0.4, -0.2) is 46.5 Å². The molecule has 2 rings (SSSR count). The first kappa shape index (κ1) is 13.6. The molecular formula is C12H14ClN3O3. The maximum atomic E-state index is 11.8. The topological polar surface area (TPSA) is 82.5 Å². The zero-order chi connectivity index (χ0) is 13.8. The van der Waals surface area contributed by atoms with Gasteiger partial charge in [-0.05, 0) is 25.0 Å². The summed E-state index contributed by atoms with van der Waals surface area (Å²) in [6.45, 7) is 1.68. The molecule has 1 saturated heterocycles. The van der Waals surface area contributed by atoms with Crippen LogP contribution in [0, 0.1) is 0 Å². The van der Waals surface area contributed by atoms with Crippen LogP contribution in [0.5, 0.6) is 0 Å². The third-order valence-corrected chi connectivity index (χ3v) is 3.23. The van der Waals surface area contributed by atoms with E-state index in [1.807, 2.05) is 0 Å². The van der Waals surface area contributed by atoms with Crippen molar-refractivity contribution in [1.82, 2.24) is 9.88 Å². The Labute approximate surface area is 115 Å². The van der Waals surface area contributed by atoms with Gasteiger partial charge < -0.3 is 15.3 Å². The minimum Gasteiger partial charge on any atom is -0.476 e. The molecule has 0 saturated carbocycles. The Morgan fingerprint density at radius 2 is 2.05 bits per heavy atom. The molecule has 0 aliphatic carbocycles. The normalized spacial score (nSPS) is 14.5. The third-order valence-electron chi connectivity index (χ3n) is 2.93. The van der Waals surface area contributed by atoms with E-state index in [4.69, 9.17) is 16.7 Å². The fourth-order valence-corrected chi connectivity index (χ4v) is 2.12. The van der Waals surface area contributed by atoms with E-state index >= 15 is 0 Å². The minimum absolute atomic E-state index is 0.00822. The van der Waals surface area contributed by atoms with Gasteiger partial charge in [0.2, 0.25) is 5.91 Å². The van der Waals surface area contributed by atoms with E-state index in [1.54, 1.807) is 11.0 Å². The fourth-order valence-electron chi connectivity index (χ4n) is 1.94. The first-order valence-electron chi connectivity index (χ1n) is 5.99. The molecule has 0 atom stereocenters. The van der Waals surface area contributed by atoms with E-state index in [0.717, 1.165) is 25.9 Å². The molecule has 0 bridgehead atoms. The lowest BCUT2D eigenvalue weighted by molar-refractivity contribution is -0.128. The molecule has 1 fully saturated rings. The van der Waals surface area contributed by atoms with Crippen molar-refractivity contribution in [2.24, 2.45) is 0 Å². The second-order valence-electron chi connectivity index (χ2n) is 4.27. The highest BCUT2D eigenvalue weighted by molar-refractivity contribution is 6.33. The van der Waals surface area contributed by atoms with E-state index < -0.39 is 5.97 Å². The lowest BCUT2D eigenvalue weighted by Crippen LogP contribution is -2.33. The van der Waals surface area contributed by atoms with Crippen LogP contribution in [0.2, 0.25) is 5.02 Å². The Bertz CT molecular complexity index is 501. The summed E-state index contributed by atoms with van der Waals surface area (Å²) in [6, 6.07) is 2.99. The number of halogens is 1. The summed E-state index contributed by atoms with van der Waals surface area (Å²) in [5.74, 6) is -0.875. The number of likely N-dealkylation sites (tertiary alicyclic amines) is 1. The molecule has 6 nitrogen and oxygen atoms in total. The van der Waals surface area contributed by atoms with Crippen LogP contribution in [0.15, 0.2) is 12.1 Å². The van der Waals surface area contributed by atoms with Crippen LogP contribution in [0.3, 0.4) is 0 Å². The number of amides is 1. The van der Waals surface area contributed by atoms with Crippen LogP contribution < -0.4 is 5.32 Å². The third kappa shape index (κ3) is 3.35. The van der Waals surface area contributed by atoms with Gasteiger partial charge in [0.05, 0.1) is 11.6 Å². The highest BCUT2D eigenvalue weighted by atomic mass is 35.5. The van der Waals surface area contributed by atoms with Crippen molar-refractivity contribution in [3.63, 3.8) is 0 Å². The van der Waals surface area contributed by atoms with Gasteiger partial charge in [0.15, 0.2) is 5.69 Å². The molecule has 1 aliphatic rings. The largest absolute Gasteiger partial charge is 0.476 e. The molecule has 0 unspecified atom stereocenters. The van der Waals surface area contributed by atoms with Gasteiger partial charge >= 0.3 is 5.97 Å². The van der Waals surface area contributed by atoms with Gasteiger partial charge in [0.25, 0.3) is 0 Å². The zero-order valence-electron chi connectivity index (χ0n) is 10.2. The lowest BCUT2D eigenvalue weighted by Gasteiger charge is -2.15. The zero-order valence-corrected chi connectivity index (χ0v) is 11.0. The number of nitrogens with one attached hydrogen (secondary N) is 1. The Morgan fingerprint density at radius 1 is 1.37 bits per heavy atom. The second-order valence-corrected chi connectivity index (χ2v) is 4.68. The highest BCUT2D eigenvalue weighted by Gasteiger charge is 2.18. The van der Waals surface area contributed by atoms with Crippen molar-refractivity contribution in [1.29, 1.82) is 0 Å². The summed E-state index contributed by atoms with van der Waals surface area (Å²) >= 11 is 5.71. The van der Waals surface area contributed by atoms with Crippen LogP contribution >= 0.6 is 11.6 Å². The first-order valence-corrected chi connectivity index (χ1v) is 6.37. The van der Waals surface area contributed by atoms with E-state index in [2.05, 4.69) is 10.3 Å². The van der Waals surface area contributed by atoms with Crippen molar-refractivity contribution in [2.75, 3.05) is 25.0 Å². The Hall–Kier alpha value is -1.82. The molecule has 0 radical (unpaired) electrons. The number of carboxylic acids is 1. The average molecular weight is 284 g/mol. The Balaban J connectivity index is 1.97. The van der Waals surface area contributed by atoms with Crippen LogP contribution in [-0.2, 0) is 4.79 Å². The monoisotopic (exact) mass is 283 g/mol. The Kier molecular flexibility index (Phi) is 4.21. The number of anilines is 1. The van der Waals surface area contributed by atoms with E-state index in [9.17, 15) is 9.59 Å². The average Bonchev–Trinajstić information content (AvgIpc) is 2.91. The first-order chi connectivity index (χ1) is 9.08. The lowest BCUT2D eigenvalue weighted by atomic mass is 10.3. The second kappa shape index (κ2) is 5.88. The number of hydrogen-bond donors (Lipinski definition) is 2. The van der Waals surface area contributed by atoms with Gasteiger partial charge in [-0.3, -0.25) is 4.79 Å². The van der Waals surface area contributed by atoms with Gasteiger partial charge in [-0.2, -0.15) is 0 Å². The molecule has 1 aliphatic heterocycles. The van der Waals surface area contributed by atoms with Crippen molar-refractivity contribution < 1.29 is 14.7 Å². The molecular weight excluding hydrogens is 270 g/mol. The molecule has 7 heteroatoms. The maximum absolute atomic E-state index is 11.8. The summed E-state index contributed by atoms with van der Waals surface area (Å²) in [6.07, 6.45) is 2.07. The Morgan fingerprint density at radius 3 is 2.68 bits per heavy atom. The maximum Gasteiger partial charge on any atom is 0.356 e. The number of rotatable bonds is 4. The SMILES string of the molecule is O=C(O)c1nc(NCC(=O)N2CCCC2)ccc1Cl. The fraction of sp³-hybridized carbons (Fsp3) is 0.417. The minimum atomic E-state index is -1.19. The highest BCUT2D eigenvalue weighted by Crippen LogP contribution is 2.16. The van der Waals surface area contributed by atoms with Crippen LogP contribution in [0.4, 0.5) is 5.82 Å². The van der Waals surface area contributed by atoms with Crippen LogP contribution in [0.1, 0.15) is 23.3 Å². The predicted octanol–water partition coefficient (Wildman–Crippen LogP) is 1.47. The van der Waals surface area contributed by atoms with Gasteiger partial charge in [-0.25, -0.2) is 9.78 Å².